The van der Waals surface area contributed by atoms with Gasteiger partial charge in [-0.3, -0.25) is 0 Å². The van der Waals surface area contributed by atoms with Crippen LogP contribution >= 0.6 is 0 Å². The van der Waals surface area contributed by atoms with Crippen molar-refractivity contribution >= 4 is 65.6 Å². The number of aromatic nitrogens is 2. The van der Waals surface area contributed by atoms with Crippen molar-refractivity contribution in [1.82, 2.24) is 9.13 Å². The fourth-order valence-electron chi connectivity index (χ4n) is 10.1. The van der Waals surface area contributed by atoms with Crippen LogP contribution in [0.3, 0.4) is 0 Å². The van der Waals surface area contributed by atoms with E-state index in [0.29, 0.717) is 0 Å². The van der Waals surface area contributed by atoms with Gasteiger partial charge in [0.25, 0.3) is 0 Å². The Hall–Kier alpha value is -8.40. The summed E-state index contributed by atoms with van der Waals surface area (Å²) in [6.07, 6.45) is 0. The largest absolute Gasteiger partial charge is 0.454 e. The van der Waals surface area contributed by atoms with Crippen LogP contribution in [0.1, 0.15) is 0 Å². The highest BCUT2D eigenvalue weighted by Crippen LogP contribution is 2.44. The molecule has 0 saturated carbocycles. The molecule has 0 spiro atoms. The summed E-state index contributed by atoms with van der Waals surface area (Å²) in [5, 5.41) is 7.11. The molecule has 13 aromatic rings. The lowest BCUT2D eigenvalue weighted by atomic mass is 9.96. The van der Waals surface area contributed by atoms with Gasteiger partial charge in [-0.1, -0.05) is 182 Å². The van der Waals surface area contributed by atoms with Crippen molar-refractivity contribution < 1.29 is 4.42 Å². The highest BCUT2D eigenvalue weighted by Gasteiger charge is 2.22. The highest BCUT2D eigenvalue weighted by molar-refractivity contribution is 6.17. The summed E-state index contributed by atoms with van der Waals surface area (Å²) >= 11 is 0. The lowest BCUT2D eigenvalue weighted by Crippen LogP contribution is -1.97. The Bertz CT molecular complexity index is 3890. The molecule has 0 saturated heterocycles. The van der Waals surface area contributed by atoms with Crippen LogP contribution in [0.15, 0.2) is 235 Å². The number of para-hydroxylation sites is 4. The van der Waals surface area contributed by atoms with Gasteiger partial charge in [0.2, 0.25) is 0 Å². The molecule has 10 aromatic carbocycles. The van der Waals surface area contributed by atoms with Crippen LogP contribution in [-0.2, 0) is 0 Å². The van der Waals surface area contributed by atoms with Gasteiger partial charge in [-0.25, -0.2) is 0 Å². The van der Waals surface area contributed by atoms with Crippen LogP contribution in [0.25, 0.3) is 121 Å². The van der Waals surface area contributed by atoms with Gasteiger partial charge in [-0.2, -0.15) is 0 Å². The number of nitrogens with zero attached hydrogens (tertiary/aromatic N) is 2. The third-order valence-corrected chi connectivity index (χ3v) is 13.0. The molecule has 0 fully saturated rings. The number of rotatable bonds is 6. The topological polar surface area (TPSA) is 23.0 Å². The highest BCUT2D eigenvalue weighted by atomic mass is 16.3. The minimum absolute atomic E-state index is 0.877. The zero-order valence-electron chi connectivity index (χ0n) is 34.2. The molecule has 3 aromatic heterocycles. The summed E-state index contributed by atoms with van der Waals surface area (Å²) < 4.78 is 11.7. The minimum Gasteiger partial charge on any atom is -0.454 e. The van der Waals surface area contributed by atoms with Gasteiger partial charge in [-0.05, 0) is 87.5 Å². The lowest BCUT2D eigenvalue weighted by molar-refractivity contribution is 0.666. The number of hydrogen-bond acceptors (Lipinski definition) is 1. The number of hydrogen-bond donors (Lipinski definition) is 0. The number of benzene rings is 10. The summed E-state index contributed by atoms with van der Waals surface area (Å²) in [5.74, 6) is 0. The van der Waals surface area contributed by atoms with Crippen molar-refractivity contribution in [2.75, 3.05) is 0 Å². The van der Waals surface area contributed by atoms with Crippen molar-refractivity contribution in [3.05, 3.63) is 231 Å². The second-order valence-electron chi connectivity index (χ2n) is 16.4. The standard InChI is InChI=1S/C60H38N2O/c1-3-15-39(16-4-1)40-27-29-42(30-28-40)46-34-36-56(60-59(46)50-22-10-14-26-58(50)63-60)61-54-25-13-9-21-48(54)51-37-43(32-35-55(51)61)44-31-33-49-47-20-8-12-24-53(47)62(57(49)38-44)52-23-11-7-19-45(52)41-17-5-2-6-18-41/h1-38H. The van der Waals surface area contributed by atoms with Gasteiger partial charge in [0.15, 0.2) is 5.58 Å². The first-order chi connectivity index (χ1) is 31.3. The number of fused-ring (bicyclic) bond motifs is 9. The molecule has 0 amide bonds. The SMILES string of the molecule is c1ccc(-c2ccc(-c3ccc(-n4c5ccccc5c5cc(-c6ccc7c8ccccc8n(-c8ccccc8-c8ccccc8)c7c6)ccc54)c4oc5ccccc5c34)cc2)cc1. The van der Waals surface area contributed by atoms with Gasteiger partial charge in [0.1, 0.15) is 5.58 Å². The van der Waals surface area contributed by atoms with E-state index in [1.165, 1.54) is 66.0 Å². The van der Waals surface area contributed by atoms with E-state index < -0.39 is 0 Å². The second kappa shape index (κ2) is 14.1. The zero-order chi connectivity index (χ0) is 41.4. The van der Waals surface area contributed by atoms with E-state index in [1.54, 1.807) is 0 Å². The Balaban J connectivity index is 0.987. The minimum atomic E-state index is 0.877. The molecule has 3 heteroatoms. The molecule has 13 rings (SSSR count). The molecule has 3 heterocycles. The normalized spacial score (nSPS) is 11.8. The molecule has 3 nitrogen and oxygen atoms in total. The number of furan rings is 1. The summed E-state index contributed by atoms with van der Waals surface area (Å²) in [6.45, 7) is 0. The first-order valence-electron chi connectivity index (χ1n) is 21.6. The monoisotopic (exact) mass is 802 g/mol. The van der Waals surface area contributed by atoms with Gasteiger partial charge >= 0.3 is 0 Å². The Kier molecular flexibility index (Phi) is 7.91. The fourth-order valence-corrected chi connectivity index (χ4v) is 10.1. The summed E-state index contributed by atoms with van der Waals surface area (Å²) in [7, 11) is 0. The van der Waals surface area contributed by atoms with E-state index in [9.17, 15) is 0 Å². The van der Waals surface area contributed by atoms with Crippen molar-refractivity contribution in [2.24, 2.45) is 0 Å². The average Bonchev–Trinajstić information content (AvgIpc) is 4.02. The summed E-state index contributed by atoms with van der Waals surface area (Å²) in [6, 6.07) is 83.3. The van der Waals surface area contributed by atoms with Crippen LogP contribution in [0, 0.1) is 0 Å². The van der Waals surface area contributed by atoms with Gasteiger partial charge in [0, 0.05) is 37.9 Å². The van der Waals surface area contributed by atoms with E-state index in [2.05, 4.69) is 240 Å². The molecule has 0 unspecified atom stereocenters. The molecular formula is C60H38N2O. The molecule has 0 radical (unpaired) electrons. The molecule has 0 N–H and O–H groups in total. The van der Waals surface area contributed by atoms with Crippen molar-refractivity contribution in [3.8, 4) is 55.9 Å². The predicted octanol–water partition coefficient (Wildman–Crippen LogP) is 16.4. The molecule has 0 aliphatic carbocycles. The maximum absolute atomic E-state index is 6.88. The van der Waals surface area contributed by atoms with E-state index >= 15 is 0 Å². The van der Waals surface area contributed by atoms with Gasteiger partial charge < -0.3 is 13.6 Å². The predicted molar refractivity (Wildman–Crippen MR) is 264 cm³/mol. The van der Waals surface area contributed by atoms with Crippen LogP contribution < -0.4 is 0 Å². The van der Waals surface area contributed by atoms with E-state index in [4.69, 9.17) is 4.42 Å². The van der Waals surface area contributed by atoms with Crippen LogP contribution in [0.4, 0.5) is 0 Å². The van der Waals surface area contributed by atoms with Gasteiger partial charge in [-0.15, -0.1) is 0 Å². The first kappa shape index (κ1) is 35.4. The molecular weight excluding hydrogens is 765 g/mol. The summed E-state index contributed by atoms with van der Waals surface area (Å²) in [4.78, 5) is 0. The van der Waals surface area contributed by atoms with E-state index in [-0.39, 0.29) is 0 Å². The van der Waals surface area contributed by atoms with Crippen molar-refractivity contribution in [1.29, 1.82) is 0 Å². The molecule has 0 aliphatic rings. The van der Waals surface area contributed by atoms with E-state index in [1.807, 2.05) is 0 Å². The Morgan fingerprint density at radius 1 is 0.270 bits per heavy atom. The first-order valence-corrected chi connectivity index (χ1v) is 21.6. The smallest absolute Gasteiger partial charge is 0.160 e. The maximum Gasteiger partial charge on any atom is 0.160 e. The summed E-state index contributed by atoms with van der Waals surface area (Å²) in [5.41, 5.74) is 18.0. The van der Waals surface area contributed by atoms with Crippen LogP contribution in [0.5, 0.6) is 0 Å². The van der Waals surface area contributed by atoms with Crippen LogP contribution in [-0.4, -0.2) is 9.13 Å². The molecule has 63 heavy (non-hydrogen) atoms. The quantitative estimate of drug-likeness (QED) is 0.164. The zero-order valence-corrected chi connectivity index (χ0v) is 34.2. The lowest BCUT2D eigenvalue weighted by Gasteiger charge is -2.14. The second-order valence-corrected chi connectivity index (χ2v) is 16.4. The van der Waals surface area contributed by atoms with Crippen molar-refractivity contribution in [2.45, 2.75) is 0 Å². The Labute approximate surface area is 363 Å². The Morgan fingerprint density at radius 2 is 0.778 bits per heavy atom. The third-order valence-electron chi connectivity index (χ3n) is 13.0. The molecule has 0 atom stereocenters. The fraction of sp³-hybridized carbons (Fsp3) is 0. The van der Waals surface area contributed by atoms with Gasteiger partial charge in [0.05, 0.1) is 33.4 Å². The molecule has 0 aliphatic heterocycles. The van der Waals surface area contributed by atoms with E-state index in [0.717, 1.165) is 55.5 Å². The van der Waals surface area contributed by atoms with Crippen molar-refractivity contribution in [3.63, 3.8) is 0 Å². The average molecular weight is 803 g/mol. The van der Waals surface area contributed by atoms with Crippen LogP contribution in [0.2, 0.25) is 0 Å². The third kappa shape index (κ3) is 5.53. The Morgan fingerprint density at radius 3 is 1.56 bits per heavy atom. The molecule has 0 bridgehead atoms. The molecule has 294 valence electrons. The maximum atomic E-state index is 6.88.